The largest absolute Gasteiger partial charge is 0.489 e. The summed E-state index contributed by atoms with van der Waals surface area (Å²) in [6.07, 6.45) is 4.16. The van der Waals surface area contributed by atoms with Crippen molar-refractivity contribution in [1.29, 1.82) is 0 Å². The zero-order valence-corrected chi connectivity index (χ0v) is 16.4. The average molecular weight is 417 g/mol. The van der Waals surface area contributed by atoms with E-state index in [9.17, 15) is 24.8 Å². The molecule has 3 rings (SSSR count). The minimum absolute atomic E-state index is 0.0499. The number of allylic oxidation sites excluding steroid dienone is 1. The van der Waals surface area contributed by atoms with Gasteiger partial charge >= 0.3 is 5.97 Å². The molecule has 0 aliphatic carbocycles. The van der Waals surface area contributed by atoms with Crippen LogP contribution in [0.2, 0.25) is 0 Å². The Bertz CT molecular complexity index is 1140. The first-order chi connectivity index (χ1) is 15.0. The monoisotopic (exact) mass is 417 g/mol. The number of hydrogen-bond donors (Lipinski definition) is 1. The normalized spacial score (nSPS) is 10.7. The number of nitrogens with zero attached hydrogens (tertiary/aromatic N) is 1. The lowest BCUT2D eigenvalue weighted by atomic mass is 10.0. The maximum atomic E-state index is 11.5. The van der Waals surface area contributed by atoms with Gasteiger partial charge in [-0.05, 0) is 29.7 Å². The summed E-state index contributed by atoms with van der Waals surface area (Å²) in [5, 5.41) is 20.4. The van der Waals surface area contributed by atoms with E-state index in [1.165, 1.54) is 18.2 Å². The fourth-order valence-corrected chi connectivity index (χ4v) is 3.08. The average Bonchev–Trinajstić information content (AvgIpc) is 2.78. The number of carboxylic acids is 1. The predicted octanol–water partition coefficient (Wildman–Crippen LogP) is 4.94. The van der Waals surface area contributed by atoms with Crippen LogP contribution in [-0.2, 0) is 13.0 Å². The Morgan fingerprint density at radius 1 is 1.03 bits per heavy atom. The van der Waals surface area contributed by atoms with E-state index in [2.05, 4.69) is 0 Å². The smallest absolute Gasteiger partial charge is 0.336 e. The number of aldehydes is 1. The van der Waals surface area contributed by atoms with Crippen LogP contribution in [0.25, 0.3) is 6.08 Å². The summed E-state index contributed by atoms with van der Waals surface area (Å²) < 4.78 is 5.90. The summed E-state index contributed by atoms with van der Waals surface area (Å²) in [4.78, 5) is 33.4. The molecule has 1 N–H and O–H groups in total. The third-order valence-electron chi connectivity index (χ3n) is 4.63. The first-order valence-electron chi connectivity index (χ1n) is 9.41. The Balaban J connectivity index is 1.86. The summed E-state index contributed by atoms with van der Waals surface area (Å²) in [5.41, 5.74) is 2.02. The summed E-state index contributed by atoms with van der Waals surface area (Å²) in [5.74, 6) is -0.648. The lowest BCUT2D eigenvalue weighted by molar-refractivity contribution is -0.384. The van der Waals surface area contributed by atoms with Gasteiger partial charge in [0.05, 0.1) is 10.5 Å². The second kappa shape index (κ2) is 9.98. The van der Waals surface area contributed by atoms with Crippen LogP contribution in [0.4, 0.5) is 5.69 Å². The molecule has 0 saturated carbocycles. The number of benzene rings is 3. The number of carbonyl (C=O) groups is 2. The van der Waals surface area contributed by atoms with Crippen LogP contribution >= 0.6 is 0 Å². The lowest BCUT2D eigenvalue weighted by Gasteiger charge is -2.12. The molecule has 0 spiro atoms. The van der Waals surface area contributed by atoms with E-state index < -0.39 is 10.9 Å². The Kier molecular flexibility index (Phi) is 6.90. The van der Waals surface area contributed by atoms with E-state index in [1.54, 1.807) is 24.3 Å². The zero-order chi connectivity index (χ0) is 22.2. The summed E-state index contributed by atoms with van der Waals surface area (Å²) in [6, 6.07) is 18.3. The minimum atomic E-state index is -1.19. The highest BCUT2D eigenvalue weighted by Crippen LogP contribution is 2.25. The molecule has 0 aliphatic heterocycles. The Morgan fingerprint density at radius 3 is 2.48 bits per heavy atom. The van der Waals surface area contributed by atoms with E-state index in [4.69, 9.17) is 4.74 Å². The lowest BCUT2D eigenvalue weighted by Crippen LogP contribution is -2.02. The molecule has 0 amide bonds. The molecule has 0 unspecified atom stereocenters. The van der Waals surface area contributed by atoms with Crippen molar-refractivity contribution in [2.45, 2.75) is 13.0 Å². The number of rotatable bonds is 9. The highest BCUT2D eigenvalue weighted by atomic mass is 16.6. The molecule has 0 saturated heterocycles. The van der Waals surface area contributed by atoms with E-state index in [-0.39, 0.29) is 23.2 Å². The van der Waals surface area contributed by atoms with Crippen molar-refractivity contribution < 1.29 is 24.4 Å². The number of hydrogen-bond acceptors (Lipinski definition) is 5. The highest BCUT2D eigenvalue weighted by Gasteiger charge is 2.14. The van der Waals surface area contributed by atoms with Crippen LogP contribution in [0.5, 0.6) is 5.75 Å². The van der Waals surface area contributed by atoms with E-state index >= 15 is 0 Å². The molecule has 7 nitrogen and oxygen atoms in total. The molecule has 0 radical (unpaired) electrons. The summed E-state index contributed by atoms with van der Waals surface area (Å²) in [6.45, 7) is 0.327. The second-order valence-electron chi connectivity index (χ2n) is 6.66. The van der Waals surface area contributed by atoms with Crippen LogP contribution in [0.1, 0.15) is 37.4 Å². The van der Waals surface area contributed by atoms with Gasteiger partial charge in [0, 0.05) is 23.3 Å². The molecule has 0 atom stereocenters. The predicted molar refractivity (Wildman–Crippen MR) is 115 cm³/mol. The van der Waals surface area contributed by atoms with Crippen molar-refractivity contribution in [1.82, 2.24) is 0 Å². The van der Waals surface area contributed by atoms with Crippen molar-refractivity contribution in [3.8, 4) is 5.75 Å². The van der Waals surface area contributed by atoms with Crippen molar-refractivity contribution in [3.05, 3.63) is 111 Å². The molecule has 3 aromatic carbocycles. The number of nitro groups is 1. The van der Waals surface area contributed by atoms with Crippen molar-refractivity contribution in [3.63, 3.8) is 0 Å². The summed E-state index contributed by atoms with van der Waals surface area (Å²) >= 11 is 0. The molecule has 3 aromatic rings. The molecule has 7 heteroatoms. The molecule has 0 aliphatic rings. The van der Waals surface area contributed by atoms with Gasteiger partial charge in [-0.1, -0.05) is 54.6 Å². The fourth-order valence-electron chi connectivity index (χ4n) is 3.08. The van der Waals surface area contributed by atoms with Gasteiger partial charge < -0.3 is 9.84 Å². The highest BCUT2D eigenvalue weighted by molar-refractivity contribution is 5.92. The molecular formula is C24H19NO6. The van der Waals surface area contributed by atoms with Gasteiger partial charge in [-0.15, -0.1) is 0 Å². The fraction of sp³-hybridized carbons (Fsp3) is 0.0833. The van der Waals surface area contributed by atoms with Crippen LogP contribution < -0.4 is 4.74 Å². The standard InChI is InChI=1S/C24H19NO6/c26-15-19-9-5-11-23(31-16-17-6-2-1-3-7-17)21(19)10-4-8-18-14-20(25(29)30)12-13-22(18)24(27)28/h1-9,11-15H,10,16H2,(H,27,28). The first-order valence-corrected chi connectivity index (χ1v) is 9.41. The first kappa shape index (κ1) is 21.4. The SMILES string of the molecule is O=Cc1cccc(OCc2ccccc2)c1CC=Cc1cc([N+](=O)[O-])ccc1C(=O)O. The van der Waals surface area contributed by atoms with E-state index in [1.807, 2.05) is 30.3 Å². The van der Waals surface area contributed by atoms with Gasteiger partial charge in [-0.3, -0.25) is 14.9 Å². The van der Waals surface area contributed by atoms with E-state index in [0.717, 1.165) is 17.9 Å². The second-order valence-corrected chi connectivity index (χ2v) is 6.66. The maximum absolute atomic E-state index is 11.5. The van der Waals surface area contributed by atoms with Crippen molar-refractivity contribution in [2.24, 2.45) is 0 Å². The topological polar surface area (TPSA) is 107 Å². The molecule has 156 valence electrons. The third-order valence-corrected chi connectivity index (χ3v) is 4.63. The number of ether oxygens (including phenoxy) is 1. The minimum Gasteiger partial charge on any atom is -0.489 e. The Morgan fingerprint density at radius 2 is 1.81 bits per heavy atom. The number of aromatic carboxylic acids is 1. The van der Waals surface area contributed by atoms with Gasteiger partial charge in [0.15, 0.2) is 0 Å². The molecule has 0 aromatic heterocycles. The van der Waals surface area contributed by atoms with Crippen LogP contribution in [0.15, 0.2) is 72.8 Å². The Labute approximate surface area is 178 Å². The third kappa shape index (κ3) is 5.42. The zero-order valence-electron chi connectivity index (χ0n) is 16.4. The Hall–Kier alpha value is -4.26. The molecule has 0 bridgehead atoms. The molecular weight excluding hydrogens is 398 g/mol. The number of carboxylic acid groups (broad SMARTS) is 1. The van der Waals surface area contributed by atoms with Gasteiger partial charge in [-0.2, -0.15) is 0 Å². The summed E-state index contributed by atoms with van der Waals surface area (Å²) in [7, 11) is 0. The quantitative estimate of drug-likeness (QED) is 0.300. The molecule has 0 heterocycles. The molecule has 31 heavy (non-hydrogen) atoms. The van der Waals surface area contributed by atoms with Gasteiger partial charge in [0.25, 0.3) is 5.69 Å². The number of non-ortho nitro benzene ring substituents is 1. The van der Waals surface area contributed by atoms with Gasteiger partial charge in [0.2, 0.25) is 0 Å². The van der Waals surface area contributed by atoms with E-state index in [0.29, 0.717) is 23.5 Å². The maximum Gasteiger partial charge on any atom is 0.336 e. The van der Waals surface area contributed by atoms with Gasteiger partial charge in [0.1, 0.15) is 18.6 Å². The van der Waals surface area contributed by atoms with Gasteiger partial charge in [-0.25, -0.2) is 4.79 Å². The molecule has 0 fully saturated rings. The van der Waals surface area contributed by atoms with Crippen LogP contribution in [0.3, 0.4) is 0 Å². The number of nitro benzene ring substituents is 1. The number of carbonyl (C=O) groups excluding carboxylic acids is 1. The van der Waals surface area contributed by atoms with Crippen molar-refractivity contribution >= 4 is 24.0 Å². The van der Waals surface area contributed by atoms with Crippen molar-refractivity contribution in [2.75, 3.05) is 0 Å². The van der Waals surface area contributed by atoms with Crippen LogP contribution in [-0.4, -0.2) is 22.3 Å². The van der Waals surface area contributed by atoms with Crippen LogP contribution in [0, 0.1) is 10.1 Å².